The zero-order valence-electron chi connectivity index (χ0n) is 8.77. The highest BCUT2D eigenvalue weighted by Crippen LogP contribution is 2.11. The smallest absolute Gasteiger partial charge is 0.330 e. The SMILES string of the molecule is CCOC(=O)C=Cc1ccc(C=O)cc1F. The van der Waals surface area contributed by atoms with Gasteiger partial charge in [-0.15, -0.1) is 0 Å². The number of carbonyl (C=O) groups is 2. The summed E-state index contributed by atoms with van der Waals surface area (Å²) < 4.78 is 18.0. The zero-order valence-corrected chi connectivity index (χ0v) is 8.77. The van der Waals surface area contributed by atoms with E-state index in [1.54, 1.807) is 6.92 Å². The van der Waals surface area contributed by atoms with E-state index in [1.165, 1.54) is 18.2 Å². The average molecular weight is 222 g/mol. The van der Waals surface area contributed by atoms with Crippen molar-refractivity contribution in [2.75, 3.05) is 6.61 Å². The standard InChI is InChI=1S/C12H11FO3/c1-2-16-12(15)6-5-10-4-3-9(8-14)7-11(10)13/h3-8H,2H2,1H3. The van der Waals surface area contributed by atoms with E-state index >= 15 is 0 Å². The van der Waals surface area contributed by atoms with Crippen LogP contribution in [-0.2, 0) is 9.53 Å². The monoisotopic (exact) mass is 222 g/mol. The minimum absolute atomic E-state index is 0.235. The third-order valence-corrected chi connectivity index (χ3v) is 1.85. The van der Waals surface area contributed by atoms with Crippen molar-refractivity contribution in [3.63, 3.8) is 0 Å². The van der Waals surface area contributed by atoms with Gasteiger partial charge in [0.05, 0.1) is 6.61 Å². The molecule has 0 fully saturated rings. The second-order valence-electron chi connectivity index (χ2n) is 2.98. The van der Waals surface area contributed by atoms with Gasteiger partial charge in [0.2, 0.25) is 0 Å². The Morgan fingerprint density at radius 2 is 2.25 bits per heavy atom. The molecule has 1 aromatic carbocycles. The van der Waals surface area contributed by atoms with Crippen LogP contribution in [0.3, 0.4) is 0 Å². The summed E-state index contributed by atoms with van der Waals surface area (Å²) in [7, 11) is 0. The number of ether oxygens (including phenoxy) is 1. The van der Waals surface area contributed by atoms with Crippen LogP contribution >= 0.6 is 0 Å². The van der Waals surface area contributed by atoms with Crippen LogP contribution in [0.5, 0.6) is 0 Å². The Bertz CT molecular complexity index is 424. The van der Waals surface area contributed by atoms with Gasteiger partial charge in [-0.05, 0) is 19.1 Å². The molecule has 1 aromatic rings. The summed E-state index contributed by atoms with van der Waals surface area (Å²) in [6.07, 6.45) is 3.01. The molecule has 0 aliphatic heterocycles. The van der Waals surface area contributed by atoms with Crippen LogP contribution in [0.2, 0.25) is 0 Å². The molecule has 0 saturated carbocycles. The zero-order chi connectivity index (χ0) is 12.0. The largest absolute Gasteiger partial charge is 0.463 e. The maximum absolute atomic E-state index is 13.3. The van der Waals surface area contributed by atoms with Gasteiger partial charge in [0.1, 0.15) is 12.1 Å². The van der Waals surface area contributed by atoms with E-state index in [1.807, 2.05) is 0 Å². The molecule has 0 aromatic heterocycles. The molecule has 4 heteroatoms. The quantitative estimate of drug-likeness (QED) is 0.445. The van der Waals surface area contributed by atoms with Crippen molar-refractivity contribution in [3.8, 4) is 0 Å². The van der Waals surface area contributed by atoms with Crippen molar-refractivity contribution in [1.82, 2.24) is 0 Å². The van der Waals surface area contributed by atoms with Crippen LogP contribution in [0.1, 0.15) is 22.8 Å². The highest BCUT2D eigenvalue weighted by Gasteiger charge is 2.01. The first-order chi connectivity index (χ1) is 7.67. The molecule has 0 amide bonds. The van der Waals surface area contributed by atoms with E-state index < -0.39 is 11.8 Å². The minimum Gasteiger partial charge on any atom is -0.463 e. The molecule has 3 nitrogen and oxygen atoms in total. The maximum Gasteiger partial charge on any atom is 0.330 e. The van der Waals surface area contributed by atoms with Crippen molar-refractivity contribution < 1.29 is 18.7 Å². The summed E-state index contributed by atoms with van der Waals surface area (Å²) in [5, 5.41) is 0. The number of halogens is 1. The van der Waals surface area contributed by atoms with E-state index in [-0.39, 0.29) is 17.7 Å². The number of hydrogen-bond acceptors (Lipinski definition) is 3. The lowest BCUT2D eigenvalue weighted by molar-refractivity contribution is -0.137. The molecular weight excluding hydrogens is 211 g/mol. The molecule has 0 atom stereocenters. The van der Waals surface area contributed by atoms with Gasteiger partial charge >= 0.3 is 5.97 Å². The molecule has 0 heterocycles. The van der Waals surface area contributed by atoms with Gasteiger partial charge in [-0.1, -0.05) is 12.1 Å². The van der Waals surface area contributed by atoms with Gasteiger partial charge in [-0.2, -0.15) is 0 Å². The van der Waals surface area contributed by atoms with E-state index in [9.17, 15) is 14.0 Å². The summed E-state index contributed by atoms with van der Waals surface area (Å²) in [4.78, 5) is 21.3. The summed E-state index contributed by atoms with van der Waals surface area (Å²) in [5.41, 5.74) is 0.490. The first kappa shape index (κ1) is 12.1. The molecule has 0 aliphatic rings. The van der Waals surface area contributed by atoms with Crippen LogP contribution in [0.4, 0.5) is 4.39 Å². The lowest BCUT2D eigenvalue weighted by Gasteiger charge is -1.98. The normalized spacial score (nSPS) is 10.4. The highest BCUT2D eigenvalue weighted by molar-refractivity contribution is 5.87. The Morgan fingerprint density at radius 1 is 1.50 bits per heavy atom. The topological polar surface area (TPSA) is 43.4 Å². The predicted octanol–water partition coefficient (Wildman–Crippen LogP) is 2.21. The van der Waals surface area contributed by atoms with E-state index in [0.29, 0.717) is 6.29 Å². The molecule has 0 N–H and O–H groups in total. The molecular formula is C12H11FO3. The fourth-order valence-corrected chi connectivity index (χ4v) is 1.10. The molecule has 1 rings (SSSR count). The van der Waals surface area contributed by atoms with Crippen molar-refractivity contribution in [3.05, 3.63) is 41.2 Å². The van der Waals surface area contributed by atoms with Crippen molar-refractivity contribution in [1.29, 1.82) is 0 Å². The number of hydrogen-bond donors (Lipinski definition) is 0. The van der Waals surface area contributed by atoms with E-state index in [0.717, 1.165) is 12.1 Å². The Hall–Kier alpha value is -1.97. The first-order valence-electron chi connectivity index (χ1n) is 4.77. The molecule has 0 unspecified atom stereocenters. The summed E-state index contributed by atoms with van der Waals surface area (Å²) in [6, 6.07) is 4.01. The number of aldehydes is 1. The molecule has 0 saturated heterocycles. The second-order valence-corrected chi connectivity index (χ2v) is 2.98. The molecule has 16 heavy (non-hydrogen) atoms. The highest BCUT2D eigenvalue weighted by atomic mass is 19.1. The van der Waals surface area contributed by atoms with Crippen molar-refractivity contribution in [2.24, 2.45) is 0 Å². The molecule has 0 bridgehead atoms. The number of carbonyl (C=O) groups excluding carboxylic acids is 2. The van der Waals surface area contributed by atoms with E-state index in [2.05, 4.69) is 4.74 Å². The van der Waals surface area contributed by atoms with Gasteiger partial charge in [0, 0.05) is 17.2 Å². The van der Waals surface area contributed by atoms with Gasteiger partial charge < -0.3 is 4.74 Å². The number of benzene rings is 1. The molecule has 0 radical (unpaired) electrons. The Labute approximate surface area is 92.5 Å². The Morgan fingerprint density at radius 3 is 2.81 bits per heavy atom. The molecule has 84 valence electrons. The average Bonchev–Trinajstić information content (AvgIpc) is 2.27. The summed E-state index contributed by atoms with van der Waals surface area (Å²) in [6.45, 7) is 1.96. The van der Waals surface area contributed by atoms with Crippen LogP contribution in [-0.4, -0.2) is 18.9 Å². The van der Waals surface area contributed by atoms with Gasteiger partial charge in [-0.3, -0.25) is 4.79 Å². The predicted molar refractivity (Wildman–Crippen MR) is 57.5 cm³/mol. The second kappa shape index (κ2) is 5.80. The lowest BCUT2D eigenvalue weighted by atomic mass is 10.1. The fourth-order valence-electron chi connectivity index (χ4n) is 1.10. The van der Waals surface area contributed by atoms with Gasteiger partial charge in [0.15, 0.2) is 0 Å². The third-order valence-electron chi connectivity index (χ3n) is 1.85. The maximum atomic E-state index is 13.3. The van der Waals surface area contributed by atoms with E-state index in [4.69, 9.17) is 0 Å². The summed E-state index contributed by atoms with van der Waals surface area (Å²) in [5.74, 6) is -1.08. The van der Waals surface area contributed by atoms with Crippen LogP contribution in [0.25, 0.3) is 6.08 Å². The number of esters is 1. The first-order valence-corrected chi connectivity index (χ1v) is 4.77. The van der Waals surface area contributed by atoms with Crippen LogP contribution in [0, 0.1) is 5.82 Å². The summed E-state index contributed by atoms with van der Waals surface area (Å²) >= 11 is 0. The Balaban J connectivity index is 2.81. The van der Waals surface area contributed by atoms with Gasteiger partial charge in [-0.25, -0.2) is 9.18 Å². The Kier molecular flexibility index (Phi) is 4.39. The molecule has 0 aliphatic carbocycles. The fraction of sp³-hybridized carbons (Fsp3) is 0.167. The van der Waals surface area contributed by atoms with Gasteiger partial charge in [0.25, 0.3) is 0 Å². The van der Waals surface area contributed by atoms with Crippen LogP contribution < -0.4 is 0 Å². The number of rotatable bonds is 4. The van der Waals surface area contributed by atoms with Crippen molar-refractivity contribution in [2.45, 2.75) is 6.92 Å². The third kappa shape index (κ3) is 3.31. The van der Waals surface area contributed by atoms with Crippen LogP contribution in [0.15, 0.2) is 24.3 Å². The lowest BCUT2D eigenvalue weighted by Crippen LogP contribution is -1.98. The van der Waals surface area contributed by atoms with Crippen molar-refractivity contribution >= 4 is 18.3 Å². The minimum atomic E-state index is -0.551. The molecule has 0 spiro atoms.